The molecule has 0 fully saturated rings. The van der Waals surface area contributed by atoms with Crippen molar-refractivity contribution in [1.29, 1.82) is 0 Å². The van der Waals surface area contributed by atoms with E-state index in [9.17, 15) is 5.11 Å². The van der Waals surface area contributed by atoms with Crippen molar-refractivity contribution in [2.75, 3.05) is 6.23 Å². The van der Waals surface area contributed by atoms with E-state index in [2.05, 4.69) is 88.8 Å². The zero-order valence-corrected chi connectivity index (χ0v) is 15.9. The van der Waals surface area contributed by atoms with E-state index in [0.29, 0.717) is 0 Å². The Hall–Kier alpha value is -1.64. The van der Waals surface area contributed by atoms with Crippen LogP contribution in [0.4, 0.5) is 0 Å². The van der Waals surface area contributed by atoms with Crippen molar-refractivity contribution in [2.45, 2.75) is 34.2 Å². The fourth-order valence-electron chi connectivity index (χ4n) is 3.25. The van der Waals surface area contributed by atoms with Crippen molar-refractivity contribution < 1.29 is 5.11 Å². The van der Waals surface area contributed by atoms with Crippen LogP contribution in [0.25, 0.3) is 6.08 Å². The second-order valence-corrected chi connectivity index (χ2v) is 11.6. The average molecular weight is 325 g/mol. The molecule has 0 radical (unpaired) electrons. The van der Waals surface area contributed by atoms with E-state index in [0.717, 1.165) is 0 Å². The Bertz CT molecular complexity index is 682. The molecule has 2 aromatic rings. The first kappa shape index (κ1) is 17.7. The molecule has 0 saturated carbocycles. The molecular formula is C21H28OSi. The van der Waals surface area contributed by atoms with Gasteiger partial charge in [-0.1, -0.05) is 98.4 Å². The van der Waals surface area contributed by atoms with Crippen LogP contribution in [0.3, 0.4) is 0 Å². The van der Waals surface area contributed by atoms with Gasteiger partial charge in [0.1, 0.15) is 8.07 Å². The van der Waals surface area contributed by atoms with Gasteiger partial charge in [0.15, 0.2) is 0 Å². The average Bonchev–Trinajstić information content (AvgIpc) is 2.53. The molecule has 0 saturated heterocycles. The Labute approximate surface area is 141 Å². The summed E-state index contributed by atoms with van der Waals surface area (Å²) in [7, 11) is -2.15. The molecule has 122 valence electrons. The smallest absolute Gasteiger partial charge is 0.138 e. The van der Waals surface area contributed by atoms with Crippen molar-refractivity contribution in [3.05, 3.63) is 70.9 Å². The normalized spacial score (nSPS) is 15.3. The minimum atomic E-state index is -2.15. The third-order valence-electron chi connectivity index (χ3n) is 4.62. The van der Waals surface area contributed by atoms with Gasteiger partial charge in [-0.15, -0.1) is 0 Å². The zero-order chi connectivity index (χ0) is 17.1. The molecule has 2 aromatic carbocycles. The highest BCUT2D eigenvalue weighted by atomic mass is 28.3. The second-order valence-electron chi connectivity index (χ2n) is 7.52. The Morgan fingerprint density at radius 2 is 1.57 bits per heavy atom. The molecule has 1 atom stereocenters. The molecule has 0 bridgehead atoms. The summed E-state index contributed by atoms with van der Waals surface area (Å²) in [4.78, 5) is 0. The molecule has 1 unspecified atom stereocenters. The SMILES string of the molecule is Cc1ccccc1/C=C(/C(C)(C)C)[Si](C)(CO)c1ccccc1. The molecule has 0 aliphatic rings. The fraction of sp³-hybridized carbons (Fsp3) is 0.333. The van der Waals surface area contributed by atoms with Gasteiger partial charge in [-0.25, -0.2) is 0 Å². The molecule has 0 amide bonds. The lowest BCUT2D eigenvalue weighted by Crippen LogP contribution is -2.53. The van der Waals surface area contributed by atoms with Gasteiger partial charge in [0.25, 0.3) is 0 Å². The van der Waals surface area contributed by atoms with E-state index >= 15 is 0 Å². The third-order valence-corrected chi connectivity index (χ3v) is 8.94. The molecule has 0 spiro atoms. The lowest BCUT2D eigenvalue weighted by atomic mass is 9.94. The summed E-state index contributed by atoms with van der Waals surface area (Å²) in [6.07, 6.45) is 2.55. The lowest BCUT2D eigenvalue weighted by molar-refractivity contribution is 0.358. The third kappa shape index (κ3) is 3.82. The minimum absolute atomic E-state index is 0.0157. The molecule has 1 nitrogen and oxygen atoms in total. The van der Waals surface area contributed by atoms with Crippen LogP contribution in [0, 0.1) is 12.3 Å². The first-order valence-electron chi connectivity index (χ1n) is 8.24. The van der Waals surface area contributed by atoms with Crippen LogP contribution in [0.15, 0.2) is 59.8 Å². The van der Waals surface area contributed by atoms with Crippen molar-refractivity contribution in [3.8, 4) is 0 Å². The number of aliphatic hydroxyl groups excluding tert-OH is 1. The van der Waals surface area contributed by atoms with Crippen LogP contribution in [0.1, 0.15) is 31.9 Å². The number of hydrogen-bond acceptors (Lipinski definition) is 1. The number of rotatable bonds is 4. The monoisotopic (exact) mass is 324 g/mol. The van der Waals surface area contributed by atoms with E-state index in [1.165, 1.54) is 21.5 Å². The summed E-state index contributed by atoms with van der Waals surface area (Å²) >= 11 is 0. The maximum absolute atomic E-state index is 10.3. The largest absolute Gasteiger partial charge is 0.399 e. The van der Waals surface area contributed by atoms with Gasteiger partial charge in [-0.3, -0.25) is 0 Å². The highest BCUT2D eigenvalue weighted by Crippen LogP contribution is 2.35. The van der Waals surface area contributed by atoms with Crippen molar-refractivity contribution >= 4 is 19.3 Å². The fourth-order valence-corrected chi connectivity index (χ4v) is 6.97. The van der Waals surface area contributed by atoms with Gasteiger partial charge in [-0.2, -0.15) is 0 Å². The maximum atomic E-state index is 10.3. The van der Waals surface area contributed by atoms with Gasteiger partial charge >= 0.3 is 0 Å². The van der Waals surface area contributed by atoms with E-state index in [-0.39, 0.29) is 11.6 Å². The highest BCUT2D eigenvalue weighted by Gasteiger charge is 2.39. The first-order chi connectivity index (χ1) is 10.8. The van der Waals surface area contributed by atoms with Crippen molar-refractivity contribution in [2.24, 2.45) is 5.41 Å². The molecule has 2 heteroatoms. The van der Waals surface area contributed by atoms with Crippen LogP contribution in [-0.2, 0) is 0 Å². The van der Waals surface area contributed by atoms with Gasteiger partial charge in [0.05, 0.1) is 0 Å². The Morgan fingerprint density at radius 3 is 2.09 bits per heavy atom. The van der Waals surface area contributed by atoms with Crippen LogP contribution < -0.4 is 5.19 Å². The number of benzene rings is 2. The first-order valence-corrected chi connectivity index (χ1v) is 10.9. The molecule has 23 heavy (non-hydrogen) atoms. The number of aliphatic hydroxyl groups is 1. The molecule has 1 N–H and O–H groups in total. The Morgan fingerprint density at radius 1 is 1.00 bits per heavy atom. The number of aryl methyl sites for hydroxylation is 1. The van der Waals surface area contributed by atoms with E-state index in [1.54, 1.807) is 0 Å². The summed E-state index contributed by atoms with van der Waals surface area (Å²) in [5.74, 6) is 0. The summed E-state index contributed by atoms with van der Waals surface area (Å²) in [5.41, 5.74) is 2.54. The molecule has 0 aliphatic carbocycles. The standard InChI is InChI=1S/C21H28OSi/c1-17-11-9-10-12-18(17)15-20(21(2,3)4)23(5,16-22)19-13-7-6-8-14-19/h6-15,22H,16H2,1-5H3/b20-15-. The summed E-state index contributed by atoms with van der Waals surface area (Å²) in [6, 6.07) is 19.0. The summed E-state index contributed by atoms with van der Waals surface area (Å²) < 4.78 is 0. The quantitative estimate of drug-likeness (QED) is 0.822. The van der Waals surface area contributed by atoms with E-state index in [4.69, 9.17) is 0 Å². The van der Waals surface area contributed by atoms with Crippen molar-refractivity contribution in [3.63, 3.8) is 0 Å². The summed E-state index contributed by atoms with van der Waals surface area (Å²) in [5, 5.41) is 13.0. The van der Waals surface area contributed by atoms with E-state index in [1.807, 2.05) is 6.07 Å². The van der Waals surface area contributed by atoms with Gasteiger partial charge in [0.2, 0.25) is 0 Å². The Kier molecular flexibility index (Phi) is 5.28. The van der Waals surface area contributed by atoms with Crippen LogP contribution in [0.5, 0.6) is 0 Å². The predicted molar refractivity (Wildman–Crippen MR) is 103 cm³/mol. The zero-order valence-electron chi connectivity index (χ0n) is 14.9. The van der Waals surface area contributed by atoms with Crippen molar-refractivity contribution in [1.82, 2.24) is 0 Å². The van der Waals surface area contributed by atoms with Crippen LogP contribution in [0.2, 0.25) is 6.55 Å². The van der Waals surface area contributed by atoms with Gasteiger partial charge in [0, 0.05) is 6.23 Å². The molecule has 0 heterocycles. The second kappa shape index (κ2) is 6.86. The van der Waals surface area contributed by atoms with Crippen LogP contribution in [-0.4, -0.2) is 19.4 Å². The molecule has 2 rings (SSSR count). The van der Waals surface area contributed by atoms with Gasteiger partial charge < -0.3 is 5.11 Å². The topological polar surface area (TPSA) is 20.2 Å². The number of hydrogen-bond donors (Lipinski definition) is 1. The van der Waals surface area contributed by atoms with E-state index < -0.39 is 8.07 Å². The minimum Gasteiger partial charge on any atom is -0.399 e. The molecule has 0 aromatic heterocycles. The maximum Gasteiger partial charge on any atom is 0.138 e. The molecule has 0 aliphatic heterocycles. The predicted octanol–water partition coefficient (Wildman–Crippen LogP) is 4.48. The molecular weight excluding hydrogens is 296 g/mol. The summed E-state index contributed by atoms with van der Waals surface area (Å²) in [6.45, 7) is 11.2. The number of allylic oxidation sites excluding steroid dienone is 1. The van der Waals surface area contributed by atoms with Gasteiger partial charge in [-0.05, 0) is 23.5 Å². The lowest BCUT2D eigenvalue weighted by Gasteiger charge is -2.37. The van der Waals surface area contributed by atoms with Crippen LogP contribution >= 0.6 is 0 Å². The Balaban J connectivity index is 2.65. The highest BCUT2D eigenvalue weighted by molar-refractivity contribution is 6.97.